The molecular weight excluding hydrogens is 326 g/mol. The molecule has 4 rings (SSSR count). The minimum atomic E-state index is -0.135. The first kappa shape index (κ1) is 16.1. The number of fused-ring (bicyclic) bond motifs is 1. The van der Waals surface area contributed by atoms with Crippen molar-refractivity contribution in [1.29, 1.82) is 0 Å². The number of rotatable bonds is 3. The summed E-state index contributed by atoms with van der Waals surface area (Å²) in [7, 11) is 0. The molecule has 0 atom stereocenters. The second-order valence-electron chi connectivity index (χ2n) is 6.04. The van der Waals surface area contributed by atoms with E-state index in [1.807, 2.05) is 67.6 Å². The summed E-state index contributed by atoms with van der Waals surface area (Å²) in [5.74, 6) is 1.40. The molecule has 5 nitrogen and oxygen atoms in total. The second kappa shape index (κ2) is 6.52. The molecule has 0 unspecified atom stereocenters. The Morgan fingerprint density at radius 1 is 1.04 bits per heavy atom. The zero-order chi connectivity index (χ0) is 18.1. The summed E-state index contributed by atoms with van der Waals surface area (Å²) in [5, 5.41) is 5.83. The fourth-order valence-electron chi connectivity index (χ4n) is 3.11. The first-order valence-corrected chi connectivity index (χ1v) is 8.60. The summed E-state index contributed by atoms with van der Waals surface area (Å²) in [4.78, 5) is 14.8. The lowest BCUT2D eigenvalue weighted by Gasteiger charge is -2.15. The number of amides is 1. The Balaban J connectivity index is 1.63. The molecule has 0 saturated carbocycles. The van der Waals surface area contributed by atoms with Crippen molar-refractivity contribution in [1.82, 2.24) is 0 Å². The fourth-order valence-corrected chi connectivity index (χ4v) is 3.11. The van der Waals surface area contributed by atoms with Gasteiger partial charge in [0, 0.05) is 6.54 Å². The summed E-state index contributed by atoms with van der Waals surface area (Å²) in [6.45, 7) is 4.69. The minimum Gasteiger partial charge on any atom is -0.439 e. The number of allylic oxidation sites excluding steroid dienone is 2. The summed E-state index contributed by atoms with van der Waals surface area (Å²) in [6, 6.07) is 17.3. The van der Waals surface area contributed by atoms with Gasteiger partial charge in [0.1, 0.15) is 0 Å². The van der Waals surface area contributed by atoms with Gasteiger partial charge in [0.25, 0.3) is 5.91 Å². The molecule has 0 radical (unpaired) electrons. The van der Waals surface area contributed by atoms with E-state index in [-0.39, 0.29) is 5.91 Å². The number of benzene rings is 2. The van der Waals surface area contributed by atoms with Crippen molar-refractivity contribution in [2.24, 2.45) is 5.10 Å². The van der Waals surface area contributed by atoms with Crippen molar-refractivity contribution in [3.63, 3.8) is 0 Å². The molecule has 26 heavy (non-hydrogen) atoms. The molecular formula is C21H19N3O2. The van der Waals surface area contributed by atoms with Crippen molar-refractivity contribution < 1.29 is 9.53 Å². The van der Waals surface area contributed by atoms with E-state index >= 15 is 0 Å². The zero-order valence-electron chi connectivity index (χ0n) is 14.7. The number of hydrogen-bond donors (Lipinski definition) is 0. The molecule has 0 saturated heterocycles. The Morgan fingerprint density at radius 2 is 1.77 bits per heavy atom. The molecule has 0 aliphatic carbocycles. The molecule has 0 N–H and O–H groups in total. The zero-order valence-corrected chi connectivity index (χ0v) is 14.7. The van der Waals surface area contributed by atoms with Gasteiger partial charge in [-0.05, 0) is 50.3 Å². The Labute approximate surface area is 152 Å². The molecule has 1 amide bonds. The molecule has 5 heteroatoms. The molecule has 0 bridgehead atoms. The van der Waals surface area contributed by atoms with Crippen LogP contribution in [0.5, 0.6) is 5.75 Å². The van der Waals surface area contributed by atoms with Gasteiger partial charge in [-0.1, -0.05) is 30.3 Å². The number of carbonyl (C=O) groups excluding carboxylic acids is 1. The topological polar surface area (TPSA) is 45.1 Å². The highest BCUT2D eigenvalue weighted by Gasteiger charge is 2.29. The smallest absolute Gasteiger partial charge is 0.280 e. The number of hydrogen-bond acceptors (Lipinski definition) is 4. The molecule has 0 spiro atoms. The van der Waals surface area contributed by atoms with E-state index in [9.17, 15) is 4.79 Å². The predicted octanol–water partition coefficient (Wildman–Crippen LogP) is 4.10. The minimum absolute atomic E-state index is 0.135. The van der Waals surface area contributed by atoms with Crippen LogP contribution in [0.15, 0.2) is 83.3 Å². The third kappa shape index (κ3) is 2.67. The van der Waals surface area contributed by atoms with Crippen LogP contribution in [0.25, 0.3) is 0 Å². The van der Waals surface area contributed by atoms with Crippen LogP contribution >= 0.6 is 0 Å². The Bertz CT molecular complexity index is 945. The first-order valence-electron chi connectivity index (χ1n) is 8.60. The van der Waals surface area contributed by atoms with Gasteiger partial charge in [-0.15, -0.1) is 0 Å². The quantitative estimate of drug-likeness (QED) is 0.787. The van der Waals surface area contributed by atoms with Crippen molar-refractivity contribution in [2.45, 2.75) is 13.8 Å². The third-order valence-corrected chi connectivity index (χ3v) is 4.41. The van der Waals surface area contributed by atoms with E-state index in [4.69, 9.17) is 4.74 Å². The van der Waals surface area contributed by atoms with Gasteiger partial charge in [0.2, 0.25) is 5.88 Å². The number of carbonyl (C=O) groups is 1. The summed E-state index contributed by atoms with van der Waals surface area (Å²) in [5.41, 5.74) is 3.05. The van der Waals surface area contributed by atoms with Gasteiger partial charge in [-0.25, -0.2) is 0 Å². The average Bonchev–Trinajstić information content (AvgIpc) is 3.17. The number of ether oxygens (including phenoxy) is 1. The second-order valence-corrected chi connectivity index (χ2v) is 6.04. The standard InChI is InChI=1S/C21H19N3O2/c1-3-23-18-11-7-8-12-19(18)26-20(23)14-13-17-15(2)22-24(21(17)25)16-9-5-4-6-10-16/h4-14H,3H2,1-2H3/b17-13+,20-14-. The van der Waals surface area contributed by atoms with Gasteiger partial charge in [-0.3, -0.25) is 4.79 Å². The van der Waals surface area contributed by atoms with E-state index in [0.29, 0.717) is 17.2 Å². The SMILES string of the molecule is CCN1/C(=C/C=C2/C(=O)N(c3ccccc3)N=C2C)Oc2ccccc21. The van der Waals surface area contributed by atoms with Crippen LogP contribution in [0.1, 0.15) is 13.8 Å². The van der Waals surface area contributed by atoms with Crippen LogP contribution in [-0.4, -0.2) is 18.2 Å². The lowest BCUT2D eigenvalue weighted by Crippen LogP contribution is -2.21. The van der Waals surface area contributed by atoms with Gasteiger partial charge in [0.15, 0.2) is 5.75 Å². The monoisotopic (exact) mass is 345 g/mol. The maximum atomic E-state index is 12.7. The van der Waals surface area contributed by atoms with Gasteiger partial charge < -0.3 is 9.64 Å². The highest BCUT2D eigenvalue weighted by molar-refractivity contribution is 6.29. The van der Waals surface area contributed by atoms with E-state index in [1.54, 1.807) is 6.08 Å². The summed E-state index contributed by atoms with van der Waals surface area (Å²) < 4.78 is 5.93. The highest BCUT2D eigenvalue weighted by Crippen LogP contribution is 2.38. The van der Waals surface area contributed by atoms with Crippen molar-refractivity contribution in [3.8, 4) is 5.75 Å². The van der Waals surface area contributed by atoms with Crippen LogP contribution in [0.4, 0.5) is 11.4 Å². The van der Waals surface area contributed by atoms with Crippen LogP contribution < -0.4 is 14.6 Å². The maximum absolute atomic E-state index is 12.7. The normalized spacial score (nSPS) is 19.2. The lowest BCUT2D eigenvalue weighted by molar-refractivity contribution is -0.114. The molecule has 2 aromatic rings. The molecule has 2 aromatic carbocycles. The lowest BCUT2D eigenvalue weighted by atomic mass is 10.1. The van der Waals surface area contributed by atoms with E-state index in [1.165, 1.54) is 5.01 Å². The van der Waals surface area contributed by atoms with E-state index in [0.717, 1.165) is 23.7 Å². The van der Waals surface area contributed by atoms with E-state index < -0.39 is 0 Å². The van der Waals surface area contributed by atoms with Crippen LogP contribution in [0.3, 0.4) is 0 Å². The Kier molecular flexibility index (Phi) is 4.05. The molecule has 2 aliphatic rings. The van der Waals surface area contributed by atoms with Crippen molar-refractivity contribution in [2.75, 3.05) is 16.5 Å². The maximum Gasteiger partial charge on any atom is 0.280 e. The van der Waals surface area contributed by atoms with Crippen molar-refractivity contribution >= 4 is 23.0 Å². The summed E-state index contributed by atoms with van der Waals surface area (Å²) >= 11 is 0. The number of anilines is 2. The molecule has 2 aliphatic heterocycles. The summed E-state index contributed by atoms with van der Waals surface area (Å²) in [6.07, 6.45) is 3.62. The van der Waals surface area contributed by atoms with Gasteiger partial charge >= 0.3 is 0 Å². The van der Waals surface area contributed by atoms with Crippen LogP contribution in [-0.2, 0) is 4.79 Å². The van der Waals surface area contributed by atoms with Gasteiger partial charge in [0.05, 0.1) is 22.7 Å². The Hall–Kier alpha value is -3.34. The first-order chi connectivity index (χ1) is 12.7. The molecule has 0 fully saturated rings. The van der Waals surface area contributed by atoms with Crippen LogP contribution in [0, 0.1) is 0 Å². The number of hydrazone groups is 1. The predicted molar refractivity (Wildman–Crippen MR) is 103 cm³/mol. The van der Waals surface area contributed by atoms with E-state index in [2.05, 4.69) is 16.9 Å². The van der Waals surface area contributed by atoms with Gasteiger partial charge in [-0.2, -0.15) is 10.1 Å². The van der Waals surface area contributed by atoms with Crippen LogP contribution in [0.2, 0.25) is 0 Å². The highest BCUT2D eigenvalue weighted by atomic mass is 16.5. The Morgan fingerprint density at radius 3 is 2.54 bits per heavy atom. The molecule has 0 aromatic heterocycles. The molecule has 130 valence electrons. The average molecular weight is 345 g/mol. The number of nitrogens with zero attached hydrogens (tertiary/aromatic N) is 3. The number of para-hydroxylation sites is 3. The largest absolute Gasteiger partial charge is 0.439 e. The third-order valence-electron chi connectivity index (χ3n) is 4.41. The molecule has 2 heterocycles. The fraction of sp³-hybridized carbons (Fsp3) is 0.143. The van der Waals surface area contributed by atoms with Crippen molar-refractivity contribution in [3.05, 3.63) is 78.2 Å².